The fourth-order valence-corrected chi connectivity index (χ4v) is 6.46. The van der Waals surface area contributed by atoms with E-state index in [0.717, 1.165) is 0 Å². The minimum Gasteiger partial charge on any atom is -0.335 e. The zero-order chi connectivity index (χ0) is 16.9. The topological polar surface area (TPSA) is 115 Å². The Hall–Kier alpha value is -0.970. The van der Waals surface area contributed by atoms with Gasteiger partial charge in [0.2, 0.25) is 15.9 Å². The Balaban J connectivity index is 2.62. The van der Waals surface area contributed by atoms with Gasteiger partial charge in [0.05, 0.1) is 11.8 Å². The molecular formula is C12H18N2O5S3. The molecule has 0 saturated carbocycles. The van der Waals surface area contributed by atoms with Crippen molar-refractivity contribution in [2.24, 2.45) is 11.1 Å². The number of fused-ring (bicyclic) bond motifs is 1. The first-order valence-electron chi connectivity index (χ1n) is 6.65. The van der Waals surface area contributed by atoms with Crippen LogP contribution in [0.3, 0.4) is 0 Å². The number of hydrogen-bond acceptors (Lipinski definition) is 6. The molecule has 0 radical (unpaired) electrons. The highest BCUT2D eigenvalue weighted by atomic mass is 32.3. The van der Waals surface area contributed by atoms with E-state index in [1.165, 1.54) is 11.0 Å². The summed E-state index contributed by atoms with van der Waals surface area (Å²) in [5.74, 6) is -0.671. The number of amides is 1. The van der Waals surface area contributed by atoms with Crippen molar-refractivity contribution in [3.05, 3.63) is 11.6 Å². The summed E-state index contributed by atoms with van der Waals surface area (Å²) in [7, 11) is -7.62. The highest BCUT2D eigenvalue weighted by Gasteiger charge is 2.36. The SMILES string of the molecule is CC(C)C(=O)N1CCS(=O)(=O)c2sc(S(N)(=O)=O)cc2[C@@H]1C. The molecule has 0 aliphatic carbocycles. The van der Waals surface area contributed by atoms with Gasteiger partial charge in [0.1, 0.15) is 8.42 Å². The van der Waals surface area contributed by atoms with E-state index >= 15 is 0 Å². The second-order valence-corrected chi connectivity index (χ2v) is 10.7. The highest BCUT2D eigenvalue weighted by molar-refractivity contribution is 7.95. The van der Waals surface area contributed by atoms with Crippen LogP contribution >= 0.6 is 11.3 Å². The number of nitrogens with zero attached hydrogens (tertiary/aromatic N) is 1. The molecule has 0 saturated heterocycles. The van der Waals surface area contributed by atoms with Gasteiger partial charge in [-0.15, -0.1) is 11.3 Å². The number of sulfonamides is 1. The van der Waals surface area contributed by atoms with Crippen LogP contribution in [0.2, 0.25) is 0 Å². The van der Waals surface area contributed by atoms with Gasteiger partial charge >= 0.3 is 0 Å². The summed E-state index contributed by atoms with van der Waals surface area (Å²) >= 11 is 0.650. The fourth-order valence-electron chi connectivity index (χ4n) is 2.35. The molecule has 2 N–H and O–H groups in total. The molecule has 0 aromatic carbocycles. The van der Waals surface area contributed by atoms with Gasteiger partial charge in [-0.25, -0.2) is 22.0 Å². The Kier molecular flexibility index (Phi) is 4.42. The fraction of sp³-hybridized carbons (Fsp3) is 0.583. The molecular weight excluding hydrogens is 348 g/mol. The largest absolute Gasteiger partial charge is 0.335 e. The molecule has 1 aliphatic rings. The Labute approximate surface area is 134 Å². The van der Waals surface area contributed by atoms with Gasteiger partial charge in [-0.1, -0.05) is 13.8 Å². The van der Waals surface area contributed by atoms with Gasteiger partial charge in [0.25, 0.3) is 0 Å². The third kappa shape index (κ3) is 3.05. The number of primary sulfonamides is 1. The summed E-state index contributed by atoms with van der Waals surface area (Å²) < 4.78 is 47.5. The van der Waals surface area contributed by atoms with Gasteiger partial charge < -0.3 is 4.90 Å². The smallest absolute Gasteiger partial charge is 0.247 e. The molecule has 0 unspecified atom stereocenters. The van der Waals surface area contributed by atoms with Crippen molar-refractivity contribution in [3.63, 3.8) is 0 Å². The van der Waals surface area contributed by atoms with Crippen molar-refractivity contribution in [1.82, 2.24) is 4.90 Å². The first-order valence-corrected chi connectivity index (χ1v) is 10.7. The maximum atomic E-state index is 12.4. The van der Waals surface area contributed by atoms with Gasteiger partial charge in [-0.2, -0.15) is 0 Å². The van der Waals surface area contributed by atoms with Crippen molar-refractivity contribution in [2.45, 2.75) is 35.2 Å². The Morgan fingerprint density at radius 1 is 1.45 bits per heavy atom. The number of nitrogens with two attached hydrogens (primary N) is 1. The van der Waals surface area contributed by atoms with Crippen LogP contribution in [0.25, 0.3) is 0 Å². The minimum absolute atomic E-state index is 0.0110. The summed E-state index contributed by atoms with van der Waals surface area (Å²) in [5.41, 5.74) is 0.320. The number of sulfone groups is 1. The average molecular weight is 366 g/mol. The molecule has 0 fully saturated rings. The Morgan fingerprint density at radius 2 is 2.05 bits per heavy atom. The monoisotopic (exact) mass is 366 g/mol. The first kappa shape index (κ1) is 17.4. The Morgan fingerprint density at radius 3 is 2.55 bits per heavy atom. The zero-order valence-electron chi connectivity index (χ0n) is 12.4. The summed E-state index contributed by atoms with van der Waals surface area (Å²) in [5, 5.41) is 5.09. The number of carbonyl (C=O) groups excluding carboxylic acids is 1. The molecule has 1 aromatic heterocycles. The molecule has 124 valence electrons. The maximum Gasteiger partial charge on any atom is 0.247 e. The second-order valence-electron chi connectivity index (χ2n) is 5.53. The van der Waals surface area contributed by atoms with Crippen molar-refractivity contribution < 1.29 is 21.6 Å². The first-order chi connectivity index (χ1) is 9.95. The van der Waals surface area contributed by atoms with E-state index in [4.69, 9.17) is 5.14 Å². The number of thiophene rings is 1. The summed E-state index contributed by atoms with van der Waals surface area (Å²) in [6, 6.07) is 0.748. The van der Waals surface area contributed by atoms with E-state index in [1.54, 1.807) is 20.8 Å². The Bertz CT molecular complexity index is 808. The van der Waals surface area contributed by atoms with E-state index in [-0.39, 0.29) is 32.5 Å². The van der Waals surface area contributed by atoms with Crippen molar-refractivity contribution in [1.29, 1.82) is 0 Å². The highest BCUT2D eigenvalue weighted by Crippen LogP contribution is 2.39. The summed E-state index contributed by atoms with van der Waals surface area (Å²) in [6.45, 7) is 5.25. The van der Waals surface area contributed by atoms with E-state index in [0.29, 0.717) is 16.9 Å². The molecule has 10 heteroatoms. The van der Waals surface area contributed by atoms with Crippen molar-refractivity contribution in [2.75, 3.05) is 12.3 Å². The van der Waals surface area contributed by atoms with Crippen LogP contribution < -0.4 is 5.14 Å². The van der Waals surface area contributed by atoms with E-state index in [9.17, 15) is 21.6 Å². The van der Waals surface area contributed by atoms with Crippen LogP contribution in [0.4, 0.5) is 0 Å². The quantitative estimate of drug-likeness (QED) is 0.828. The molecule has 0 spiro atoms. The summed E-state index contributed by atoms with van der Waals surface area (Å²) in [4.78, 5) is 13.8. The number of hydrogen-bond donors (Lipinski definition) is 1. The minimum atomic E-state index is -3.99. The lowest BCUT2D eigenvalue weighted by Crippen LogP contribution is -2.37. The standard InChI is InChI=1S/C12H18N2O5S3/c1-7(2)11(15)14-4-5-21(16,17)12-9(8(14)3)6-10(20-12)22(13,18)19/h6-8H,4-5H2,1-3H3,(H2,13,18,19)/t8-/m0/s1. The lowest BCUT2D eigenvalue weighted by molar-refractivity contribution is -0.136. The predicted octanol–water partition coefficient (Wildman–Crippen LogP) is 0.728. The molecule has 1 aliphatic heterocycles. The van der Waals surface area contributed by atoms with Gasteiger partial charge in [-0.05, 0) is 13.0 Å². The van der Waals surface area contributed by atoms with Crippen LogP contribution in [-0.4, -0.2) is 39.9 Å². The van der Waals surface area contributed by atoms with Gasteiger partial charge in [0.15, 0.2) is 9.84 Å². The van der Waals surface area contributed by atoms with Crippen molar-refractivity contribution in [3.8, 4) is 0 Å². The predicted molar refractivity (Wildman–Crippen MR) is 82.7 cm³/mol. The van der Waals surface area contributed by atoms with Crippen LogP contribution in [0.1, 0.15) is 32.4 Å². The van der Waals surface area contributed by atoms with Crippen LogP contribution in [0.5, 0.6) is 0 Å². The molecule has 1 amide bonds. The van der Waals surface area contributed by atoms with Crippen LogP contribution in [0.15, 0.2) is 14.5 Å². The summed E-state index contributed by atoms with van der Waals surface area (Å²) in [6.07, 6.45) is 0. The number of carbonyl (C=O) groups is 1. The van der Waals surface area contributed by atoms with Crippen LogP contribution in [0, 0.1) is 5.92 Å². The van der Waals surface area contributed by atoms with E-state index in [2.05, 4.69) is 0 Å². The third-order valence-electron chi connectivity index (χ3n) is 3.56. The molecule has 2 rings (SSSR count). The van der Waals surface area contributed by atoms with E-state index in [1.807, 2.05) is 0 Å². The molecule has 1 atom stereocenters. The zero-order valence-corrected chi connectivity index (χ0v) is 14.9. The third-order valence-corrected chi connectivity index (χ3v) is 8.46. The molecule has 2 heterocycles. The maximum absolute atomic E-state index is 12.4. The lowest BCUT2D eigenvalue weighted by atomic mass is 10.1. The van der Waals surface area contributed by atoms with Gasteiger partial charge in [-0.3, -0.25) is 4.79 Å². The molecule has 7 nitrogen and oxygen atoms in total. The molecule has 1 aromatic rings. The van der Waals surface area contributed by atoms with Crippen molar-refractivity contribution >= 4 is 37.1 Å². The lowest BCUT2D eigenvalue weighted by Gasteiger charge is -2.28. The average Bonchev–Trinajstić information content (AvgIpc) is 2.80. The normalized spacial score (nSPS) is 21.5. The van der Waals surface area contributed by atoms with Gasteiger partial charge in [0, 0.05) is 18.0 Å². The molecule has 0 bridgehead atoms. The molecule has 22 heavy (non-hydrogen) atoms. The number of rotatable bonds is 2. The second kappa shape index (κ2) is 5.59. The van der Waals surface area contributed by atoms with Crippen LogP contribution in [-0.2, 0) is 24.7 Å². The van der Waals surface area contributed by atoms with E-state index < -0.39 is 25.9 Å².